The summed E-state index contributed by atoms with van der Waals surface area (Å²) in [5.41, 5.74) is -0.394. The highest BCUT2D eigenvalue weighted by Crippen LogP contribution is 2.32. The van der Waals surface area contributed by atoms with E-state index in [9.17, 15) is 14.3 Å². The summed E-state index contributed by atoms with van der Waals surface area (Å²) in [6.07, 6.45) is 3.26. The molecule has 2 N–H and O–H groups in total. The van der Waals surface area contributed by atoms with Crippen LogP contribution in [0.25, 0.3) is 11.4 Å². The molecule has 1 atom stereocenters. The molecule has 1 aromatic carbocycles. The average molecular weight is 333 g/mol. The molecule has 128 valence electrons. The smallest absolute Gasteiger partial charge is 0.249 e. The van der Waals surface area contributed by atoms with E-state index in [0.717, 1.165) is 12.8 Å². The zero-order valence-electron chi connectivity index (χ0n) is 13.5. The Morgan fingerprint density at radius 1 is 1.46 bits per heavy atom. The highest BCUT2D eigenvalue weighted by molar-refractivity contribution is 5.77. The molecule has 1 aliphatic rings. The number of hydrogen-bond acceptors (Lipinski definition) is 5. The Morgan fingerprint density at radius 2 is 2.21 bits per heavy atom. The standard InChI is InChI=1S/C17H20FN3O3/c1-11(19-14(22)10-17(23)7-2-3-8-17)16-20-15(21-24-16)12-5-4-6-13(18)9-12/h4-6,9,11,23H,2-3,7-8,10H2,1H3,(H,19,22). The summed E-state index contributed by atoms with van der Waals surface area (Å²) in [5, 5.41) is 16.9. The first-order valence-electron chi connectivity index (χ1n) is 8.06. The number of nitrogens with one attached hydrogen (secondary N) is 1. The van der Waals surface area contributed by atoms with Crippen LogP contribution in [0.5, 0.6) is 0 Å². The minimum atomic E-state index is -0.897. The SMILES string of the molecule is CC(NC(=O)CC1(O)CCCC1)c1nc(-c2cccc(F)c2)no1. The van der Waals surface area contributed by atoms with Crippen molar-refractivity contribution in [2.75, 3.05) is 0 Å². The van der Waals surface area contributed by atoms with Crippen molar-refractivity contribution in [1.82, 2.24) is 15.5 Å². The number of aromatic nitrogens is 2. The second kappa shape index (κ2) is 6.68. The molecule has 1 heterocycles. The van der Waals surface area contributed by atoms with Gasteiger partial charge in [0.1, 0.15) is 11.9 Å². The molecule has 1 fully saturated rings. The fourth-order valence-electron chi connectivity index (χ4n) is 3.02. The predicted octanol–water partition coefficient (Wildman–Crippen LogP) is 2.75. The number of benzene rings is 1. The summed E-state index contributed by atoms with van der Waals surface area (Å²) in [6, 6.07) is 5.40. The highest BCUT2D eigenvalue weighted by Gasteiger charge is 2.34. The zero-order valence-corrected chi connectivity index (χ0v) is 13.5. The molecule has 0 bridgehead atoms. The molecule has 1 unspecified atom stereocenters. The molecule has 0 aliphatic heterocycles. The lowest BCUT2D eigenvalue weighted by atomic mass is 9.97. The second-order valence-corrected chi connectivity index (χ2v) is 6.36. The van der Waals surface area contributed by atoms with Crippen molar-refractivity contribution in [1.29, 1.82) is 0 Å². The maximum absolute atomic E-state index is 13.3. The summed E-state index contributed by atoms with van der Waals surface area (Å²) in [5.74, 6) is -0.136. The van der Waals surface area contributed by atoms with E-state index in [1.807, 2.05) is 0 Å². The number of carbonyl (C=O) groups is 1. The molecule has 1 amide bonds. The molecule has 24 heavy (non-hydrogen) atoms. The molecule has 1 saturated carbocycles. The number of amides is 1. The lowest BCUT2D eigenvalue weighted by molar-refractivity contribution is -0.126. The number of hydrogen-bond donors (Lipinski definition) is 2. The zero-order chi connectivity index (χ0) is 17.2. The van der Waals surface area contributed by atoms with Crippen LogP contribution in [0, 0.1) is 5.82 Å². The Labute approximate surface area is 139 Å². The van der Waals surface area contributed by atoms with Crippen molar-refractivity contribution in [2.24, 2.45) is 0 Å². The molecule has 1 aliphatic carbocycles. The van der Waals surface area contributed by atoms with Crippen molar-refractivity contribution >= 4 is 5.91 Å². The van der Waals surface area contributed by atoms with Crippen LogP contribution in [0.15, 0.2) is 28.8 Å². The van der Waals surface area contributed by atoms with Crippen LogP contribution in [0.2, 0.25) is 0 Å². The third-order valence-electron chi connectivity index (χ3n) is 4.30. The van der Waals surface area contributed by atoms with E-state index >= 15 is 0 Å². The van der Waals surface area contributed by atoms with Gasteiger partial charge in [0.25, 0.3) is 0 Å². The van der Waals surface area contributed by atoms with Gasteiger partial charge in [0.05, 0.1) is 12.0 Å². The van der Waals surface area contributed by atoms with Gasteiger partial charge in [0, 0.05) is 5.56 Å². The van der Waals surface area contributed by atoms with Crippen LogP contribution in [0.3, 0.4) is 0 Å². The summed E-state index contributed by atoms with van der Waals surface area (Å²) in [6.45, 7) is 1.72. The van der Waals surface area contributed by atoms with Crippen molar-refractivity contribution < 1.29 is 18.8 Å². The van der Waals surface area contributed by atoms with E-state index in [4.69, 9.17) is 4.52 Å². The minimum absolute atomic E-state index is 0.0717. The van der Waals surface area contributed by atoms with E-state index in [1.54, 1.807) is 19.1 Å². The largest absolute Gasteiger partial charge is 0.389 e. The fraction of sp³-hybridized carbons (Fsp3) is 0.471. The third kappa shape index (κ3) is 3.79. The van der Waals surface area contributed by atoms with Gasteiger partial charge in [-0.2, -0.15) is 4.98 Å². The van der Waals surface area contributed by atoms with Crippen LogP contribution in [0.4, 0.5) is 4.39 Å². The van der Waals surface area contributed by atoms with Crippen molar-refractivity contribution in [2.45, 2.75) is 50.7 Å². The predicted molar refractivity (Wildman–Crippen MR) is 84.3 cm³/mol. The highest BCUT2D eigenvalue weighted by atomic mass is 19.1. The first kappa shape index (κ1) is 16.6. The number of carbonyl (C=O) groups excluding carboxylic acids is 1. The summed E-state index contributed by atoms with van der Waals surface area (Å²) < 4.78 is 18.4. The molecule has 0 radical (unpaired) electrons. The number of aliphatic hydroxyl groups is 1. The summed E-state index contributed by atoms with van der Waals surface area (Å²) in [7, 11) is 0. The fourth-order valence-corrected chi connectivity index (χ4v) is 3.02. The van der Waals surface area contributed by atoms with Crippen LogP contribution in [-0.4, -0.2) is 26.8 Å². The normalized spacial score (nSPS) is 17.6. The lowest BCUT2D eigenvalue weighted by Gasteiger charge is -2.21. The van der Waals surface area contributed by atoms with Gasteiger partial charge < -0.3 is 14.9 Å². The molecule has 3 rings (SSSR count). The first-order chi connectivity index (χ1) is 11.5. The van der Waals surface area contributed by atoms with Gasteiger partial charge in [-0.1, -0.05) is 30.1 Å². The maximum atomic E-state index is 13.3. The van der Waals surface area contributed by atoms with Crippen molar-refractivity contribution in [3.05, 3.63) is 36.0 Å². The van der Waals surface area contributed by atoms with Gasteiger partial charge in [0.15, 0.2) is 0 Å². The van der Waals surface area contributed by atoms with Gasteiger partial charge in [0.2, 0.25) is 17.6 Å². The van der Waals surface area contributed by atoms with Crippen LogP contribution < -0.4 is 5.32 Å². The molecule has 7 heteroatoms. The van der Waals surface area contributed by atoms with Gasteiger partial charge in [-0.25, -0.2) is 4.39 Å². The van der Waals surface area contributed by atoms with Crippen molar-refractivity contribution in [3.63, 3.8) is 0 Å². The van der Waals surface area contributed by atoms with Crippen LogP contribution in [0.1, 0.15) is 51.0 Å². The van der Waals surface area contributed by atoms with Gasteiger partial charge in [-0.3, -0.25) is 4.79 Å². The average Bonchev–Trinajstić information content (AvgIpc) is 3.16. The Hall–Kier alpha value is -2.28. The Balaban J connectivity index is 1.63. The third-order valence-corrected chi connectivity index (χ3v) is 4.30. The molecule has 6 nitrogen and oxygen atoms in total. The monoisotopic (exact) mass is 333 g/mol. The Bertz CT molecular complexity index is 725. The Morgan fingerprint density at radius 3 is 2.92 bits per heavy atom. The van der Waals surface area contributed by atoms with Gasteiger partial charge >= 0.3 is 0 Å². The van der Waals surface area contributed by atoms with E-state index in [-0.39, 0.29) is 29.9 Å². The van der Waals surface area contributed by atoms with E-state index in [1.165, 1.54) is 12.1 Å². The van der Waals surface area contributed by atoms with Crippen LogP contribution in [-0.2, 0) is 4.79 Å². The number of rotatable bonds is 5. The van der Waals surface area contributed by atoms with Gasteiger partial charge in [-0.05, 0) is 31.9 Å². The molecule has 0 saturated heterocycles. The second-order valence-electron chi connectivity index (χ2n) is 6.36. The van der Waals surface area contributed by atoms with E-state index < -0.39 is 11.6 Å². The molecular weight excluding hydrogens is 313 g/mol. The summed E-state index contributed by atoms with van der Waals surface area (Å²) in [4.78, 5) is 16.3. The molecule has 2 aromatic rings. The summed E-state index contributed by atoms with van der Waals surface area (Å²) >= 11 is 0. The topological polar surface area (TPSA) is 88.2 Å². The first-order valence-corrected chi connectivity index (χ1v) is 8.06. The Kier molecular flexibility index (Phi) is 4.62. The van der Waals surface area contributed by atoms with Crippen molar-refractivity contribution in [3.8, 4) is 11.4 Å². The molecular formula is C17H20FN3O3. The van der Waals surface area contributed by atoms with Crippen LogP contribution >= 0.6 is 0 Å². The van der Waals surface area contributed by atoms with E-state index in [2.05, 4.69) is 15.5 Å². The van der Waals surface area contributed by atoms with E-state index in [0.29, 0.717) is 18.4 Å². The molecule has 0 spiro atoms. The van der Waals surface area contributed by atoms with Gasteiger partial charge in [-0.15, -0.1) is 0 Å². The maximum Gasteiger partial charge on any atom is 0.249 e. The minimum Gasteiger partial charge on any atom is -0.389 e. The number of nitrogens with zero attached hydrogens (tertiary/aromatic N) is 2. The number of halogens is 1. The molecule has 1 aromatic heterocycles. The quantitative estimate of drug-likeness (QED) is 0.878. The lowest BCUT2D eigenvalue weighted by Crippen LogP contribution is -2.35.